The molecule has 0 radical (unpaired) electrons. The summed E-state index contributed by atoms with van der Waals surface area (Å²) in [7, 11) is 0. The van der Waals surface area contributed by atoms with Gasteiger partial charge in [0.05, 0.1) is 0 Å². The van der Waals surface area contributed by atoms with Crippen molar-refractivity contribution in [3.05, 3.63) is 24.3 Å². The van der Waals surface area contributed by atoms with Crippen LogP contribution in [0.15, 0.2) is 24.3 Å². The van der Waals surface area contributed by atoms with E-state index in [2.05, 4.69) is 55.9 Å². The molecule has 0 N–H and O–H groups in total. The van der Waals surface area contributed by atoms with Crippen molar-refractivity contribution in [1.29, 1.82) is 0 Å². The zero-order valence-electron chi connectivity index (χ0n) is 7.09. The standard InChI is InChI=1S/C9H13.Li/c1-8(2)7-9-5-3-4-6-9;/h3-6,8H,7H2,1-2H3;. The number of hydrogen-bond acceptors (Lipinski definition) is 0. The van der Waals surface area contributed by atoms with Gasteiger partial charge in [-0.2, -0.15) is 0 Å². The van der Waals surface area contributed by atoms with E-state index in [1.807, 2.05) is 0 Å². The van der Waals surface area contributed by atoms with E-state index in [1.165, 1.54) is 6.42 Å². The predicted octanol–water partition coefficient (Wildman–Crippen LogP) is 2.49. The Morgan fingerprint density at radius 2 is 1.80 bits per heavy atom. The zero-order valence-corrected chi connectivity index (χ0v) is 7.09. The summed E-state index contributed by atoms with van der Waals surface area (Å²) < 4.78 is 0.355. The molecule has 10 heavy (non-hydrogen) atoms. The van der Waals surface area contributed by atoms with Crippen LogP contribution in [0.3, 0.4) is 0 Å². The molecule has 50 valence electrons. The molecule has 0 saturated heterocycles. The van der Waals surface area contributed by atoms with E-state index in [0.717, 1.165) is 5.92 Å². The van der Waals surface area contributed by atoms with Gasteiger partial charge in [0, 0.05) is 0 Å². The second-order valence-corrected chi connectivity index (χ2v) is 3.82. The quantitative estimate of drug-likeness (QED) is 0.501. The first-order chi connectivity index (χ1) is 4.62. The van der Waals surface area contributed by atoms with Crippen LogP contribution in [0.5, 0.6) is 0 Å². The van der Waals surface area contributed by atoms with Gasteiger partial charge in [-0.05, 0) is 0 Å². The van der Waals surface area contributed by atoms with Gasteiger partial charge in [0.2, 0.25) is 0 Å². The van der Waals surface area contributed by atoms with Gasteiger partial charge in [0.15, 0.2) is 0 Å². The van der Waals surface area contributed by atoms with Crippen molar-refractivity contribution in [3.8, 4) is 0 Å². The number of hydrogen-bond donors (Lipinski definition) is 0. The Labute approximate surface area is 72.6 Å². The molecule has 0 heterocycles. The van der Waals surface area contributed by atoms with Crippen molar-refractivity contribution in [1.82, 2.24) is 0 Å². The maximum atomic E-state index is 2.28. The van der Waals surface area contributed by atoms with E-state index in [9.17, 15) is 0 Å². The van der Waals surface area contributed by atoms with Gasteiger partial charge >= 0.3 is 72.3 Å². The van der Waals surface area contributed by atoms with E-state index < -0.39 is 0 Å². The molecule has 0 bridgehead atoms. The number of allylic oxidation sites excluding steroid dienone is 4. The van der Waals surface area contributed by atoms with Crippen molar-refractivity contribution in [2.24, 2.45) is 5.92 Å². The second kappa shape index (κ2) is 2.99. The summed E-state index contributed by atoms with van der Waals surface area (Å²) in [6.45, 7) is 4.54. The molecule has 1 rings (SSSR count). The molecule has 0 atom stereocenters. The fourth-order valence-electron chi connectivity index (χ4n) is 1.62. The molecule has 1 aliphatic carbocycles. The zero-order chi connectivity index (χ0) is 7.61. The summed E-state index contributed by atoms with van der Waals surface area (Å²) in [6.07, 6.45) is 10.1. The van der Waals surface area contributed by atoms with Crippen molar-refractivity contribution in [2.45, 2.75) is 24.4 Å². The van der Waals surface area contributed by atoms with Gasteiger partial charge in [0.1, 0.15) is 0 Å². The Morgan fingerprint density at radius 1 is 1.30 bits per heavy atom. The van der Waals surface area contributed by atoms with Crippen molar-refractivity contribution >= 4 is 17.7 Å². The molecule has 0 aromatic carbocycles. The van der Waals surface area contributed by atoms with Crippen LogP contribution < -0.4 is 0 Å². The number of rotatable bonds is 2. The van der Waals surface area contributed by atoms with Crippen molar-refractivity contribution in [3.63, 3.8) is 0 Å². The molecule has 0 spiro atoms. The minimum absolute atomic E-state index is 0.355. The first kappa shape index (κ1) is 8.18. The van der Waals surface area contributed by atoms with Gasteiger partial charge in [-0.3, -0.25) is 0 Å². The summed E-state index contributed by atoms with van der Waals surface area (Å²) in [5, 5.41) is 0. The van der Waals surface area contributed by atoms with Crippen LogP contribution in [0.25, 0.3) is 0 Å². The first-order valence-corrected chi connectivity index (χ1v) is 3.99. The first-order valence-electron chi connectivity index (χ1n) is 3.99. The summed E-state index contributed by atoms with van der Waals surface area (Å²) in [6, 6.07) is 0. The molecule has 0 amide bonds. The van der Waals surface area contributed by atoms with Gasteiger partial charge in [0.25, 0.3) is 0 Å². The van der Waals surface area contributed by atoms with Crippen LogP contribution in [-0.2, 0) is 0 Å². The third-order valence-corrected chi connectivity index (χ3v) is 1.91. The van der Waals surface area contributed by atoms with Crippen LogP contribution >= 0.6 is 0 Å². The summed E-state index contributed by atoms with van der Waals surface area (Å²) >= 11 is 2.28. The topological polar surface area (TPSA) is 0 Å². The average molecular weight is 128 g/mol. The van der Waals surface area contributed by atoms with Crippen LogP contribution in [0, 0.1) is 5.92 Å². The molecule has 0 aromatic rings. The van der Waals surface area contributed by atoms with Crippen molar-refractivity contribution in [2.75, 3.05) is 0 Å². The molecule has 1 aliphatic rings. The molecule has 0 aromatic heterocycles. The Kier molecular flexibility index (Phi) is 2.44. The molecule has 0 nitrogen and oxygen atoms in total. The summed E-state index contributed by atoms with van der Waals surface area (Å²) in [5.74, 6) is 0.789. The minimum atomic E-state index is 0.355. The molecule has 0 saturated carbocycles. The maximum absolute atomic E-state index is 2.28. The predicted molar refractivity (Wildman–Crippen MR) is 46.2 cm³/mol. The molecule has 0 aliphatic heterocycles. The molecular formula is C9H13Li. The summed E-state index contributed by atoms with van der Waals surface area (Å²) in [5.41, 5.74) is 0. The van der Waals surface area contributed by atoms with Gasteiger partial charge in [-0.15, -0.1) is 0 Å². The molecular weight excluding hydrogens is 115 g/mol. The SMILES string of the molecule is [Li][C]1(CC(C)C)C=CC=C1. The van der Waals surface area contributed by atoms with Crippen molar-refractivity contribution < 1.29 is 0 Å². The average Bonchev–Trinajstić information content (AvgIpc) is 2.12. The fourth-order valence-corrected chi connectivity index (χ4v) is 1.62. The van der Waals surface area contributed by atoms with E-state index in [0.29, 0.717) is 4.09 Å². The summed E-state index contributed by atoms with van der Waals surface area (Å²) in [4.78, 5) is 0. The van der Waals surface area contributed by atoms with Gasteiger partial charge in [-0.1, -0.05) is 0 Å². The molecule has 0 unspecified atom stereocenters. The van der Waals surface area contributed by atoms with Crippen LogP contribution in [0.1, 0.15) is 20.3 Å². The molecule has 1 heteroatoms. The van der Waals surface area contributed by atoms with Crippen LogP contribution in [0.4, 0.5) is 0 Å². The van der Waals surface area contributed by atoms with Gasteiger partial charge < -0.3 is 0 Å². The van der Waals surface area contributed by atoms with E-state index in [-0.39, 0.29) is 0 Å². The normalized spacial score (nSPS) is 20.9. The Hall–Kier alpha value is 0.0774. The van der Waals surface area contributed by atoms with E-state index in [1.54, 1.807) is 0 Å². The third kappa shape index (κ3) is 2.04. The van der Waals surface area contributed by atoms with E-state index in [4.69, 9.17) is 0 Å². The van der Waals surface area contributed by atoms with Gasteiger partial charge in [-0.25, -0.2) is 0 Å². The monoisotopic (exact) mass is 128 g/mol. The molecule has 0 fully saturated rings. The Balaban J connectivity index is 2.53. The fraction of sp³-hybridized carbons (Fsp3) is 0.556. The van der Waals surface area contributed by atoms with Crippen LogP contribution in [-0.4, -0.2) is 17.7 Å². The van der Waals surface area contributed by atoms with Crippen LogP contribution in [0.2, 0.25) is 4.09 Å². The Bertz CT molecular complexity index is 154. The van der Waals surface area contributed by atoms with E-state index >= 15 is 0 Å². The Morgan fingerprint density at radius 3 is 2.20 bits per heavy atom. The third-order valence-electron chi connectivity index (χ3n) is 1.91. The second-order valence-electron chi connectivity index (χ2n) is 3.82.